The molecule has 1 aliphatic rings. The highest BCUT2D eigenvalue weighted by Gasteiger charge is 2.38. The molecule has 1 saturated heterocycles. The van der Waals surface area contributed by atoms with Crippen molar-refractivity contribution in [2.45, 2.75) is 57.7 Å². The SMILES string of the molecule is CC1(C)CC(NC(=O)c2ccc(Nc3ccccc3)cc2)CC(C)(C)N1. The average molecular weight is 351 g/mol. The fraction of sp³-hybridized carbons (Fsp3) is 0.409. The third-order valence-corrected chi connectivity index (χ3v) is 4.73. The highest BCUT2D eigenvalue weighted by Crippen LogP contribution is 2.28. The highest BCUT2D eigenvalue weighted by molar-refractivity contribution is 5.94. The van der Waals surface area contributed by atoms with E-state index in [4.69, 9.17) is 0 Å². The fourth-order valence-corrected chi connectivity index (χ4v) is 4.09. The first kappa shape index (κ1) is 18.5. The average Bonchev–Trinajstić information content (AvgIpc) is 2.53. The zero-order valence-electron chi connectivity index (χ0n) is 16.1. The maximum absolute atomic E-state index is 12.7. The smallest absolute Gasteiger partial charge is 0.251 e. The van der Waals surface area contributed by atoms with Crippen LogP contribution in [0.25, 0.3) is 0 Å². The summed E-state index contributed by atoms with van der Waals surface area (Å²) in [6, 6.07) is 17.8. The third-order valence-electron chi connectivity index (χ3n) is 4.73. The molecule has 3 N–H and O–H groups in total. The highest BCUT2D eigenvalue weighted by atomic mass is 16.1. The fourth-order valence-electron chi connectivity index (χ4n) is 4.09. The number of para-hydroxylation sites is 1. The third kappa shape index (κ3) is 4.85. The molecule has 26 heavy (non-hydrogen) atoms. The molecular formula is C22H29N3O. The van der Waals surface area contributed by atoms with E-state index in [0.29, 0.717) is 5.56 Å². The molecule has 1 aliphatic heterocycles. The summed E-state index contributed by atoms with van der Waals surface area (Å²) >= 11 is 0. The Labute approximate surface area is 156 Å². The van der Waals surface area contributed by atoms with Gasteiger partial charge in [0.25, 0.3) is 5.91 Å². The second-order valence-corrected chi connectivity index (χ2v) is 8.54. The molecule has 138 valence electrons. The number of benzene rings is 2. The lowest BCUT2D eigenvalue weighted by Gasteiger charge is -2.46. The molecule has 4 heteroatoms. The van der Waals surface area contributed by atoms with Gasteiger partial charge in [-0.05, 0) is 76.9 Å². The number of carbonyl (C=O) groups excluding carboxylic acids is 1. The molecule has 1 heterocycles. The number of rotatable bonds is 4. The maximum Gasteiger partial charge on any atom is 0.251 e. The van der Waals surface area contributed by atoms with Gasteiger partial charge in [-0.2, -0.15) is 0 Å². The Morgan fingerprint density at radius 2 is 1.42 bits per heavy atom. The second-order valence-electron chi connectivity index (χ2n) is 8.54. The lowest BCUT2D eigenvalue weighted by Crippen LogP contribution is -2.62. The molecule has 1 fully saturated rings. The lowest BCUT2D eigenvalue weighted by molar-refractivity contribution is 0.0873. The largest absolute Gasteiger partial charge is 0.356 e. The summed E-state index contributed by atoms with van der Waals surface area (Å²) in [6.45, 7) is 8.77. The Morgan fingerprint density at radius 1 is 0.885 bits per heavy atom. The lowest BCUT2D eigenvalue weighted by atomic mass is 9.79. The summed E-state index contributed by atoms with van der Waals surface area (Å²) in [6.07, 6.45) is 1.85. The number of nitrogens with one attached hydrogen (secondary N) is 3. The molecule has 2 aromatic rings. The molecule has 0 aromatic heterocycles. The van der Waals surface area contributed by atoms with E-state index in [9.17, 15) is 4.79 Å². The van der Waals surface area contributed by atoms with Gasteiger partial charge in [-0.25, -0.2) is 0 Å². The quantitative estimate of drug-likeness (QED) is 0.762. The van der Waals surface area contributed by atoms with Crippen LogP contribution >= 0.6 is 0 Å². The van der Waals surface area contributed by atoms with Gasteiger partial charge in [0.1, 0.15) is 0 Å². The molecule has 0 aliphatic carbocycles. The standard InChI is InChI=1S/C22H29N3O/c1-21(2)14-19(15-22(3,4)25-21)24-20(26)16-10-12-18(13-11-16)23-17-8-6-5-7-9-17/h5-13,19,23,25H,14-15H2,1-4H3,(H,24,26). The summed E-state index contributed by atoms with van der Waals surface area (Å²) in [5.74, 6) is -0.00485. The Morgan fingerprint density at radius 3 is 2.00 bits per heavy atom. The monoisotopic (exact) mass is 351 g/mol. The first-order chi connectivity index (χ1) is 12.2. The molecule has 3 rings (SSSR count). The number of anilines is 2. The van der Waals surface area contributed by atoms with E-state index >= 15 is 0 Å². The van der Waals surface area contributed by atoms with E-state index in [-0.39, 0.29) is 23.0 Å². The van der Waals surface area contributed by atoms with E-state index in [1.54, 1.807) is 0 Å². The molecule has 0 spiro atoms. The van der Waals surface area contributed by atoms with Crippen molar-refractivity contribution in [3.05, 3.63) is 60.2 Å². The molecule has 0 unspecified atom stereocenters. The van der Waals surface area contributed by atoms with Crippen LogP contribution in [0.2, 0.25) is 0 Å². The van der Waals surface area contributed by atoms with Gasteiger partial charge >= 0.3 is 0 Å². The van der Waals surface area contributed by atoms with Crippen LogP contribution in [0.1, 0.15) is 50.9 Å². The van der Waals surface area contributed by atoms with Crippen molar-refractivity contribution in [1.82, 2.24) is 10.6 Å². The molecule has 0 saturated carbocycles. The van der Waals surface area contributed by atoms with Crippen LogP contribution in [0.15, 0.2) is 54.6 Å². The Hall–Kier alpha value is -2.33. The minimum atomic E-state index is -0.00485. The zero-order valence-corrected chi connectivity index (χ0v) is 16.1. The van der Waals surface area contributed by atoms with Crippen molar-refractivity contribution in [1.29, 1.82) is 0 Å². The van der Waals surface area contributed by atoms with Gasteiger partial charge < -0.3 is 16.0 Å². The van der Waals surface area contributed by atoms with Gasteiger partial charge in [0.15, 0.2) is 0 Å². The van der Waals surface area contributed by atoms with Gasteiger partial charge in [-0.1, -0.05) is 18.2 Å². The van der Waals surface area contributed by atoms with Crippen LogP contribution in [-0.2, 0) is 0 Å². The van der Waals surface area contributed by atoms with Crippen LogP contribution in [0.4, 0.5) is 11.4 Å². The number of hydrogen-bond acceptors (Lipinski definition) is 3. The number of carbonyl (C=O) groups is 1. The van der Waals surface area contributed by atoms with Crippen molar-refractivity contribution in [2.24, 2.45) is 0 Å². The van der Waals surface area contributed by atoms with Crippen molar-refractivity contribution >= 4 is 17.3 Å². The first-order valence-corrected chi connectivity index (χ1v) is 9.25. The van der Waals surface area contributed by atoms with Gasteiger partial charge in [0.2, 0.25) is 0 Å². The van der Waals surface area contributed by atoms with Crippen LogP contribution < -0.4 is 16.0 Å². The number of piperidine rings is 1. The number of amides is 1. The molecule has 0 atom stereocenters. The predicted octanol–water partition coefficient (Wildman–Crippen LogP) is 4.47. The van der Waals surface area contributed by atoms with Crippen LogP contribution in [0.5, 0.6) is 0 Å². The Balaban J connectivity index is 1.63. The Kier molecular flexibility index (Phi) is 5.05. The van der Waals surface area contributed by atoms with Crippen molar-refractivity contribution in [2.75, 3.05) is 5.32 Å². The minimum absolute atomic E-state index is 0.00485. The topological polar surface area (TPSA) is 53.2 Å². The van der Waals surface area contributed by atoms with E-state index in [1.165, 1.54) is 0 Å². The van der Waals surface area contributed by atoms with Crippen molar-refractivity contribution in [3.63, 3.8) is 0 Å². The normalized spacial score (nSPS) is 18.9. The maximum atomic E-state index is 12.7. The molecule has 1 amide bonds. The first-order valence-electron chi connectivity index (χ1n) is 9.25. The van der Waals surface area contributed by atoms with E-state index in [1.807, 2.05) is 54.6 Å². The van der Waals surface area contributed by atoms with E-state index < -0.39 is 0 Å². The zero-order chi connectivity index (χ0) is 18.8. The molecule has 4 nitrogen and oxygen atoms in total. The second kappa shape index (κ2) is 7.12. The minimum Gasteiger partial charge on any atom is -0.356 e. The predicted molar refractivity (Wildman–Crippen MR) is 108 cm³/mol. The van der Waals surface area contributed by atoms with Crippen LogP contribution in [-0.4, -0.2) is 23.0 Å². The van der Waals surface area contributed by atoms with Crippen molar-refractivity contribution in [3.8, 4) is 0 Å². The summed E-state index contributed by atoms with van der Waals surface area (Å²) < 4.78 is 0. The van der Waals surface area contributed by atoms with E-state index in [2.05, 4.69) is 43.6 Å². The molecule has 0 bridgehead atoms. The summed E-state index contributed by atoms with van der Waals surface area (Å²) in [5.41, 5.74) is 2.73. The molecule has 2 aromatic carbocycles. The van der Waals surface area contributed by atoms with Gasteiger partial charge in [0, 0.05) is 34.1 Å². The van der Waals surface area contributed by atoms with Crippen LogP contribution in [0, 0.1) is 0 Å². The van der Waals surface area contributed by atoms with Crippen LogP contribution in [0.3, 0.4) is 0 Å². The summed E-state index contributed by atoms with van der Waals surface area (Å²) in [4.78, 5) is 12.7. The van der Waals surface area contributed by atoms with Crippen molar-refractivity contribution < 1.29 is 4.79 Å². The molecule has 0 radical (unpaired) electrons. The summed E-state index contributed by atoms with van der Waals surface area (Å²) in [5, 5.41) is 10.2. The van der Waals surface area contributed by atoms with Gasteiger partial charge in [0.05, 0.1) is 0 Å². The Bertz CT molecular complexity index is 735. The van der Waals surface area contributed by atoms with E-state index in [0.717, 1.165) is 24.2 Å². The summed E-state index contributed by atoms with van der Waals surface area (Å²) in [7, 11) is 0. The number of hydrogen-bond donors (Lipinski definition) is 3. The van der Waals surface area contributed by atoms with Gasteiger partial charge in [-0.3, -0.25) is 4.79 Å². The molecular weight excluding hydrogens is 322 g/mol. The van der Waals surface area contributed by atoms with Gasteiger partial charge in [-0.15, -0.1) is 0 Å².